The lowest BCUT2D eigenvalue weighted by atomic mass is 9.81. The molecule has 6 aromatic rings. The van der Waals surface area contributed by atoms with Crippen LogP contribution in [0, 0.1) is 0 Å². The molecule has 222 valence electrons. The first-order valence-electron chi connectivity index (χ1n) is 16.5. The van der Waals surface area contributed by atoms with Gasteiger partial charge >= 0.3 is 0 Å². The zero-order chi connectivity index (χ0) is 31.4. The number of fused-ring (bicyclic) bond motifs is 8. The van der Waals surface area contributed by atoms with Crippen molar-refractivity contribution in [3.8, 4) is 44.5 Å². The summed E-state index contributed by atoms with van der Waals surface area (Å²) in [5.41, 5.74) is 19.1. The summed E-state index contributed by atoms with van der Waals surface area (Å²) in [5.74, 6) is 0.133. The van der Waals surface area contributed by atoms with E-state index in [4.69, 9.17) is 0 Å². The molecule has 3 aliphatic rings. The number of aryl methyl sites for hydroxylation is 2. The van der Waals surface area contributed by atoms with Crippen LogP contribution in [0.4, 0.5) is 0 Å². The largest absolute Gasteiger partial charge is 0.289 e. The van der Waals surface area contributed by atoms with Crippen molar-refractivity contribution in [3.05, 3.63) is 166 Å². The van der Waals surface area contributed by atoms with Gasteiger partial charge in [0.05, 0.1) is 0 Å². The van der Waals surface area contributed by atoms with Crippen molar-refractivity contribution in [1.29, 1.82) is 0 Å². The predicted octanol–water partition coefficient (Wildman–Crippen LogP) is 11.0. The molecular weight excluding hydrogens is 556 g/mol. The Kier molecular flexibility index (Phi) is 5.64. The minimum atomic E-state index is -0.0612. The first-order valence-corrected chi connectivity index (χ1v) is 16.5. The van der Waals surface area contributed by atoms with E-state index in [0.29, 0.717) is 0 Å². The van der Waals surface area contributed by atoms with Gasteiger partial charge in [0.25, 0.3) is 0 Å². The van der Waals surface area contributed by atoms with Crippen LogP contribution in [0.3, 0.4) is 0 Å². The maximum absolute atomic E-state index is 14.4. The SMILES string of the molecule is CC1(C)c2ccccc2-c2ccc(-c3ccc4c(c3)C(=O)c3cc(-c5ccc6c(c5)C(C)(C)c5ccccc5-6)ccc3CC4)cc21. The summed E-state index contributed by atoms with van der Waals surface area (Å²) in [5, 5.41) is 0. The second-order valence-electron chi connectivity index (χ2n) is 14.4. The Labute approximate surface area is 271 Å². The maximum Gasteiger partial charge on any atom is 0.193 e. The van der Waals surface area contributed by atoms with Gasteiger partial charge in [-0.2, -0.15) is 0 Å². The molecule has 1 heteroatoms. The lowest BCUT2D eigenvalue weighted by molar-refractivity contribution is 0.103. The molecule has 0 saturated heterocycles. The van der Waals surface area contributed by atoms with Crippen LogP contribution in [0.1, 0.15) is 77.0 Å². The Hall–Kier alpha value is -5.01. The molecule has 0 aliphatic heterocycles. The fraction of sp³-hybridized carbons (Fsp3) is 0.178. The highest BCUT2D eigenvalue weighted by molar-refractivity contribution is 6.12. The summed E-state index contributed by atoms with van der Waals surface area (Å²) in [7, 11) is 0. The van der Waals surface area contributed by atoms with E-state index in [-0.39, 0.29) is 16.6 Å². The van der Waals surface area contributed by atoms with Crippen molar-refractivity contribution >= 4 is 5.78 Å². The topological polar surface area (TPSA) is 17.1 Å². The van der Waals surface area contributed by atoms with Gasteiger partial charge in [0.2, 0.25) is 0 Å². The molecular formula is C45H36O. The van der Waals surface area contributed by atoms with Gasteiger partial charge in [-0.1, -0.05) is 125 Å². The summed E-state index contributed by atoms with van der Waals surface area (Å²) in [6.07, 6.45) is 1.73. The summed E-state index contributed by atoms with van der Waals surface area (Å²) in [6.45, 7) is 9.27. The number of carbonyl (C=O) groups excluding carboxylic acids is 1. The average molecular weight is 593 g/mol. The van der Waals surface area contributed by atoms with E-state index in [1.165, 1.54) is 44.5 Å². The van der Waals surface area contributed by atoms with E-state index in [1.54, 1.807) is 0 Å². The van der Waals surface area contributed by atoms with E-state index in [9.17, 15) is 4.79 Å². The lowest BCUT2D eigenvalue weighted by Crippen LogP contribution is -2.14. The van der Waals surface area contributed by atoms with Crippen molar-refractivity contribution in [3.63, 3.8) is 0 Å². The Morgan fingerprint density at radius 3 is 1.22 bits per heavy atom. The van der Waals surface area contributed by atoms with E-state index in [1.807, 2.05) is 0 Å². The summed E-state index contributed by atoms with van der Waals surface area (Å²) >= 11 is 0. The number of benzene rings is 6. The molecule has 0 atom stereocenters. The number of carbonyl (C=O) groups is 1. The maximum atomic E-state index is 14.4. The lowest BCUT2D eigenvalue weighted by Gasteiger charge is -2.22. The molecule has 6 aromatic carbocycles. The molecule has 0 N–H and O–H groups in total. The first-order chi connectivity index (χ1) is 22.2. The third-order valence-electron chi connectivity index (χ3n) is 11.2. The van der Waals surface area contributed by atoms with Gasteiger partial charge in [-0.05, 0) is 115 Å². The van der Waals surface area contributed by atoms with Gasteiger partial charge in [0, 0.05) is 22.0 Å². The van der Waals surface area contributed by atoms with E-state index in [2.05, 4.69) is 149 Å². The molecule has 0 heterocycles. The molecule has 3 aliphatic carbocycles. The zero-order valence-corrected chi connectivity index (χ0v) is 26.9. The van der Waals surface area contributed by atoms with Crippen LogP contribution in [-0.2, 0) is 23.7 Å². The van der Waals surface area contributed by atoms with Crippen LogP contribution in [0.15, 0.2) is 121 Å². The second-order valence-corrected chi connectivity index (χ2v) is 14.4. The van der Waals surface area contributed by atoms with E-state index >= 15 is 0 Å². The average Bonchev–Trinajstić information content (AvgIpc) is 3.39. The molecule has 1 nitrogen and oxygen atoms in total. The summed E-state index contributed by atoms with van der Waals surface area (Å²) in [6, 6.07) is 44.2. The molecule has 0 fully saturated rings. The Morgan fingerprint density at radius 1 is 0.391 bits per heavy atom. The fourth-order valence-electron chi connectivity index (χ4n) is 8.55. The van der Waals surface area contributed by atoms with Crippen LogP contribution >= 0.6 is 0 Å². The monoisotopic (exact) mass is 592 g/mol. The summed E-state index contributed by atoms with van der Waals surface area (Å²) in [4.78, 5) is 14.4. The Balaban J connectivity index is 1.09. The summed E-state index contributed by atoms with van der Waals surface area (Å²) < 4.78 is 0. The highest BCUT2D eigenvalue weighted by Crippen LogP contribution is 2.51. The normalized spacial score (nSPS) is 16.0. The van der Waals surface area contributed by atoms with Crippen molar-refractivity contribution in [2.24, 2.45) is 0 Å². The van der Waals surface area contributed by atoms with Crippen LogP contribution < -0.4 is 0 Å². The van der Waals surface area contributed by atoms with E-state index in [0.717, 1.165) is 57.3 Å². The van der Waals surface area contributed by atoms with Crippen LogP contribution in [0.25, 0.3) is 44.5 Å². The van der Waals surface area contributed by atoms with Gasteiger partial charge in [0.15, 0.2) is 5.78 Å². The molecule has 0 spiro atoms. The molecule has 0 radical (unpaired) electrons. The van der Waals surface area contributed by atoms with Crippen molar-refractivity contribution in [2.45, 2.75) is 51.4 Å². The van der Waals surface area contributed by atoms with Crippen LogP contribution in [0.5, 0.6) is 0 Å². The number of hydrogen-bond acceptors (Lipinski definition) is 1. The Bertz CT molecular complexity index is 2120. The fourth-order valence-corrected chi connectivity index (χ4v) is 8.55. The third-order valence-corrected chi connectivity index (χ3v) is 11.2. The van der Waals surface area contributed by atoms with Gasteiger partial charge in [-0.3, -0.25) is 4.79 Å². The van der Waals surface area contributed by atoms with Crippen LogP contribution in [-0.4, -0.2) is 5.78 Å². The molecule has 0 aromatic heterocycles. The Morgan fingerprint density at radius 2 is 0.761 bits per heavy atom. The molecule has 0 unspecified atom stereocenters. The number of ketones is 1. The highest BCUT2D eigenvalue weighted by Gasteiger charge is 2.36. The van der Waals surface area contributed by atoms with Gasteiger partial charge in [-0.15, -0.1) is 0 Å². The van der Waals surface area contributed by atoms with Gasteiger partial charge in [0.1, 0.15) is 0 Å². The van der Waals surface area contributed by atoms with Crippen molar-refractivity contribution < 1.29 is 4.79 Å². The second kappa shape index (κ2) is 9.50. The predicted molar refractivity (Wildman–Crippen MR) is 190 cm³/mol. The minimum Gasteiger partial charge on any atom is -0.289 e. The van der Waals surface area contributed by atoms with E-state index < -0.39 is 0 Å². The number of hydrogen-bond donors (Lipinski definition) is 0. The molecule has 46 heavy (non-hydrogen) atoms. The van der Waals surface area contributed by atoms with Gasteiger partial charge in [-0.25, -0.2) is 0 Å². The molecule has 0 bridgehead atoms. The standard InChI is InChI=1S/C45H36O/c1-44(2)39-11-7-5-9-33(39)35-21-19-31(25-41(35)44)29-17-15-27-13-14-28-16-18-30(24-38(28)43(46)37(27)23-29)32-20-22-36-34-10-6-8-12-40(34)45(3,4)42(36)26-32/h5-12,15-26H,13-14H2,1-4H3. The first kappa shape index (κ1) is 27.3. The van der Waals surface area contributed by atoms with Crippen molar-refractivity contribution in [2.75, 3.05) is 0 Å². The minimum absolute atomic E-state index is 0.0612. The third kappa shape index (κ3) is 3.78. The highest BCUT2D eigenvalue weighted by atomic mass is 16.1. The molecule has 0 amide bonds. The zero-order valence-electron chi connectivity index (χ0n) is 26.9. The smallest absolute Gasteiger partial charge is 0.193 e. The molecule has 9 rings (SSSR count). The quantitative estimate of drug-likeness (QED) is 0.195. The van der Waals surface area contributed by atoms with Gasteiger partial charge < -0.3 is 0 Å². The van der Waals surface area contributed by atoms with Crippen LogP contribution in [0.2, 0.25) is 0 Å². The number of rotatable bonds is 2. The molecule has 0 saturated carbocycles. The van der Waals surface area contributed by atoms with Crippen molar-refractivity contribution in [1.82, 2.24) is 0 Å².